The molecule has 0 aliphatic carbocycles. The monoisotopic (exact) mass is 596 g/mol. The SMILES string of the molecule is [2H]C([2H])([2H])N(C1CN(c2nc(N3C[C@@H](C)N(C(=O)C=C)C[C@@H]3C)c3cc(Cl)c(-c4c(C)ccc5cnn(C)c45)c(F)c3n2)C1)C([2H])([2H])[2H]. The second-order valence-corrected chi connectivity index (χ2v) is 11.6. The minimum atomic E-state index is -2.85. The molecule has 2 atom stereocenters. The van der Waals surface area contributed by atoms with E-state index in [1.807, 2.05) is 37.8 Å². The van der Waals surface area contributed by atoms with E-state index in [0.29, 0.717) is 40.3 Å². The Morgan fingerprint density at radius 1 is 1.17 bits per heavy atom. The van der Waals surface area contributed by atoms with E-state index in [2.05, 4.69) is 16.7 Å². The number of hydrogen-bond acceptors (Lipinski definition) is 7. The van der Waals surface area contributed by atoms with Gasteiger partial charge in [0.1, 0.15) is 11.3 Å². The third-order valence-electron chi connectivity index (χ3n) is 8.44. The van der Waals surface area contributed by atoms with Gasteiger partial charge >= 0.3 is 0 Å². The Labute approximate surface area is 258 Å². The number of aromatic nitrogens is 4. The third-order valence-corrected chi connectivity index (χ3v) is 8.74. The molecule has 9 nitrogen and oxygen atoms in total. The zero-order chi connectivity index (χ0) is 35.0. The molecule has 1 amide bonds. The van der Waals surface area contributed by atoms with Gasteiger partial charge in [-0.2, -0.15) is 10.1 Å². The first kappa shape index (κ1) is 21.9. The van der Waals surface area contributed by atoms with Crippen LogP contribution >= 0.6 is 11.6 Å². The molecule has 220 valence electrons. The molecule has 0 N–H and O–H groups in total. The molecule has 4 heterocycles. The topological polar surface area (TPSA) is 73.6 Å². The lowest BCUT2D eigenvalue weighted by Gasteiger charge is -2.45. The maximum Gasteiger partial charge on any atom is 0.246 e. The number of halogens is 2. The van der Waals surface area contributed by atoms with Gasteiger partial charge in [0.25, 0.3) is 0 Å². The van der Waals surface area contributed by atoms with Gasteiger partial charge in [-0.15, -0.1) is 0 Å². The third kappa shape index (κ3) is 4.48. The van der Waals surface area contributed by atoms with Gasteiger partial charge in [0.2, 0.25) is 11.9 Å². The van der Waals surface area contributed by atoms with Crippen molar-refractivity contribution in [2.45, 2.75) is 38.9 Å². The van der Waals surface area contributed by atoms with Crippen molar-refractivity contribution in [1.82, 2.24) is 29.5 Å². The van der Waals surface area contributed by atoms with Crippen molar-refractivity contribution in [2.75, 3.05) is 49.9 Å². The van der Waals surface area contributed by atoms with Crippen LogP contribution in [0.15, 0.2) is 37.1 Å². The maximum atomic E-state index is 17.1. The molecule has 6 rings (SSSR count). The highest BCUT2D eigenvalue weighted by molar-refractivity contribution is 6.35. The van der Waals surface area contributed by atoms with Crippen molar-refractivity contribution in [2.24, 2.45) is 7.05 Å². The number of carbonyl (C=O) groups is 1. The van der Waals surface area contributed by atoms with E-state index in [1.54, 1.807) is 33.8 Å². The molecule has 2 aromatic carbocycles. The Morgan fingerprint density at radius 2 is 1.93 bits per heavy atom. The number of likely N-dealkylation sites (N-methyl/N-ethyl adjacent to an activating group) is 1. The number of piperazine rings is 1. The Bertz CT molecular complexity index is 1930. The van der Waals surface area contributed by atoms with Gasteiger partial charge in [-0.3, -0.25) is 9.48 Å². The van der Waals surface area contributed by atoms with Crippen molar-refractivity contribution in [3.05, 3.63) is 53.5 Å². The van der Waals surface area contributed by atoms with Gasteiger partial charge in [0.15, 0.2) is 5.82 Å². The van der Waals surface area contributed by atoms with E-state index in [4.69, 9.17) is 24.8 Å². The normalized spacial score (nSPS) is 22.4. The second-order valence-electron chi connectivity index (χ2n) is 11.2. The smallest absolute Gasteiger partial charge is 0.246 e. The van der Waals surface area contributed by atoms with E-state index < -0.39 is 25.8 Å². The van der Waals surface area contributed by atoms with Crippen LogP contribution in [0.4, 0.5) is 16.2 Å². The van der Waals surface area contributed by atoms with Gasteiger partial charge in [-0.1, -0.05) is 30.3 Å². The summed E-state index contributed by atoms with van der Waals surface area (Å²) in [5, 5.41) is 5.70. The van der Waals surface area contributed by atoms with Crippen LogP contribution in [0.25, 0.3) is 32.9 Å². The fourth-order valence-corrected chi connectivity index (χ4v) is 6.36. The van der Waals surface area contributed by atoms with E-state index in [1.165, 1.54) is 6.08 Å². The molecule has 11 heteroatoms. The molecule has 0 unspecified atom stereocenters. The molecule has 4 aromatic rings. The summed E-state index contributed by atoms with van der Waals surface area (Å²) in [5.74, 6) is -0.337. The number of amides is 1. The highest BCUT2D eigenvalue weighted by Gasteiger charge is 2.36. The van der Waals surface area contributed by atoms with E-state index >= 15 is 4.39 Å². The van der Waals surface area contributed by atoms with Crippen molar-refractivity contribution in [3.63, 3.8) is 0 Å². The number of rotatable bonds is 5. The highest BCUT2D eigenvalue weighted by atomic mass is 35.5. The number of anilines is 2. The minimum Gasteiger partial charge on any atom is -0.349 e. The van der Waals surface area contributed by atoms with Crippen molar-refractivity contribution in [1.29, 1.82) is 0 Å². The zero-order valence-electron chi connectivity index (χ0n) is 29.9. The number of nitrogens with zero attached hydrogens (tertiary/aromatic N) is 8. The average molecular weight is 597 g/mol. The van der Waals surface area contributed by atoms with Crippen LogP contribution in [-0.2, 0) is 11.8 Å². The van der Waals surface area contributed by atoms with Crippen LogP contribution in [0.3, 0.4) is 0 Å². The Kier molecular flexibility index (Phi) is 5.47. The van der Waals surface area contributed by atoms with E-state index in [0.717, 1.165) is 10.9 Å². The van der Waals surface area contributed by atoms with Crippen LogP contribution in [0.2, 0.25) is 5.02 Å². The predicted molar refractivity (Wildman–Crippen MR) is 167 cm³/mol. The average Bonchev–Trinajstić information content (AvgIpc) is 3.35. The largest absolute Gasteiger partial charge is 0.349 e. The summed E-state index contributed by atoms with van der Waals surface area (Å²) in [6.07, 6.45) is 2.98. The number of carbonyl (C=O) groups excluding carboxylic acids is 1. The fraction of sp³-hybridized carbons (Fsp3) is 0.419. The molecular weight excluding hydrogens is 555 g/mol. The van der Waals surface area contributed by atoms with Crippen molar-refractivity contribution >= 4 is 51.1 Å². The highest BCUT2D eigenvalue weighted by Crippen LogP contribution is 2.43. The minimum absolute atomic E-state index is 0.00405. The number of aryl methyl sites for hydroxylation is 2. The van der Waals surface area contributed by atoms with Gasteiger partial charge in [0, 0.05) is 81.5 Å². The Morgan fingerprint density at radius 3 is 2.64 bits per heavy atom. The van der Waals surface area contributed by atoms with Crippen LogP contribution in [0, 0.1) is 12.7 Å². The molecule has 42 heavy (non-hydrogen) atoms. The van der Waals surface area contributed by atoms with E-state index in [9.17, 15) is 4.79 Å². The summed E-state index contributed by atoms with van der Waals surface area (Å²) in [7, 11) is 1.78. The summed E-state index contributed by atoms with van der Waals surface area (Å²) in [6.45, 7) is 4.37. The second kappa shape index (κ2) is 10.5. The van der Waals surface area contributed by atoms with Gasteiger partial charge in [-0.25, -0.2) is 9.37 Å². The van der Waals surface area contributed by atoms with Crippen molar-refractivity contribution in [3.8, 4) is 11.1 Å². The molecule has 2 fully saturated rings. The first-order valence-corrected chi connectivity index (χ1v) is 14.2. The van der Waals surface area contributed by atoms with Crippen LogP contribution < -0.4 is 9.80 Å². The first-order valence-electron chi connectivity index (χ1n) is 16.8. The summed E-state index contributed by atoms with van der Waals surface area (Å²) in [6, 6.07) is 4.14. The lowest BCUT2D eigenvalue weighted by molar-refractivity contribution is -0.128. The molecule has 2 aliphatic heterocycles. The summed E-state index contributed by atoms with van der Waals surface area (Å²) in [5.41, 5.74) is 2.23. The summed E-state index contributed by atoms with van der Waals surface area (Å²) in [4.78, 5) is 28.0. The zero-order valence-corrected chi connectivity index (χ0v) is 24.7. The molecule has 0 saturated carbocycles. The standard InChI is InChI=1S/C31H36ClFN8O/c1-8-24(42)40-13-19(4)41(14-18(40)3)30-22-11-23(32)26(25-17(2)9-10-20-12-34-38(7)29(20)25)27(33)28(22)35-31(36-30)39-15-21(16-39)37(5)6/h8-12,18-19,21H,1,13-16H2,2-7H3/t18-,19+/m1/s1/i5D3,6D3. The van der Waals surface area contributed by atoms with Gasteiger partial charge < -0.3 is 19.6 Å². The lowest BCUT2D eigenvalue weighted by atomic mass is 9.95. The van der Waals surface area contributed by atoms with Gasteiger partial charge in [0.05, 0.1) is 16.7 Å². The molecular formula is C31H36ClFN8O. The molecule has 2 saturated heterocycles. The van der Waals surface area contributed by atoms with Gasteiger partial charge in [-0.05, 0) is 52.4 Å². The Hall–Kier alpha value is -3.76. The molecule has 2 aliphatic rings. The number of benzene rings is 2. The molecule has 0 radical (unpaired) electrons. The number of fused-ring (bicyclic) bond motifs is 2. The lowest BCUT2D eigenvalue weighted by Crippen LogP contribution is -2.59. The molecule has 2 aromatic heterocycles. The van der Waals surface area contributed by atoms with Crippen molar-refractivity contribution < 1.29 is 17.4 Å². The Balaban J connectivity index is 1.52. The quantitative estimate of drug-likeness (QED) is 0.311. The van der Waals surface area contributed by atoms with Crippen LogP contribution in [-0.4, -0.2) is 93.7 Å². The van der Waals surface area contributed by atoms with Crippen LogP contribution in [0.5, 0.6) is 0 Å². The molecule has 0 bridgehead atoms. The van der Waals surface area contributed by atoms with Crippen LogP contribution in [0.1, 0.15) is 27.6 Å². The molecule has 0 spiro atoms. The first-order chi connectivity index (χ1) is 22.4. The fourth-order valence-electron chi connectivity index (χ4n) is 6.07. The van der Waals surface area contributed by atoms with E-state index in [-0.39, 0.29) is 53.1 Å². The predicted octanol–water partition coefficient (Wildman–Crippen LogP) is 4.65. The number of hydrogen-bond donors (Lipinski definition) is 0. The maximum absolute atomic E-state index is 17.1. The summed E-state index contributed by atoms with van der Waals surface area (Å²) < 4.78 is 65.8. The summed E-state index contributed by atoms with van der Waals surface area (Å²) >= 11 is 6.94.